The van der Waals surface area contributed by atoms with Crippen LogP contribution in [0.5, 0.6) is 5.75 Å². The normalized spacial score (nSPS) is 15.8. The molecule has 1 N–H and O–H groups in total. The maximum Gasteiger partial charge on any atom is 0.130 e. The number of benzene rings is 1. The maximum absolute atomic E-state index is 9.49. The van der Waals surface area contributed by atoms with Gasteiger partial charge in [-0.25, -0.2) is 0 Å². The molecule has 4 heteroatoms. The lowest BCUT2D eigenvalue weighted by atomic mass is 10.0. The van der Waals surface area contributed by atoms with Crippen LogP contribution in [-0.4, -0.2) is 9.94 Å². The molecule has 0 radical (unpaired) electrons. The first-order valence-corrected chi connectivity index (χ1v) is 4.97. The topological polar surface area (TPSA) is 20.2 Å². The molecule has 0 heterocycles. The molecule has 1 atom stereocenters. The molecular formula is C9H9Cl3O. The highest BCUT2D eigenvalue weighted by Crippen LogP contribution is 2.41. The third-order valence-corrected chi connectivity index (χ3v) is 3.36. The SMILES string of the molecule is CC(Cl)(c1ccccc1O)C(Cl)Cl. The molecule has 1 rings (SSSR count). The standard InChI is InChI=1S/C9H9Cl3O/c1-9(12,8(10)11)6-4-2-3-5-7(6)13/h2-5,8,13H,1H3. The Morgan fingerprint density at radius 3 is 2.31 bits per heavy atom. The number of halogens is 3. The number of phenols is 1. The van der Waals surface area contributed by atoms with E-state index in [1.807, 2.05) is 0 Å². The maximum atomic E-state index is 9.49. The molecule has 1 aromatic carbocycles. The van der Waals surface area contributed by atoms with Crippen molar-refractivity contribution >= 4 is 34.8 Å². The van der Waals surface area contributed by atoms with E-state index >= 15 is 0 Å². The van der Waals surface area contributed by atoms with Crippen LogP contribution >= 0.6 is 34.8 Å². The first-order chi connectivity index (χ1) is 5.96. The molecule has 0 fully saturated rings. The number of para-hydroxylation sites is 1. The summed E-state index contributed by atoms with van der Waals surface area (Å²) in [5.41, 5.74) is 0.534. The first-order valence-electron chi connectivity index (χ1n) is 3.72. The van der Waals surface area contributed by atoms with Crippen LogP contribution < -0.4 is 0 Å². The van der Waals surface area contributed by atoms with Crippen molar-refractivity contribution in [3.05, 3.63) is 29.8 Å². The van der Waals surface area contributed by atoms with Gasteiger partial charge < -0.3 is 5.11 Å². The summed E-state index contributed by atoms with van der Waals surface area (Å²) >= 11 is 17.5. The Morgan fingerprint density at radius 2 is 1.85 bits per heavy atom. The summed E-state index contributed by atoms with van der Waals surface area (Å²) in [6.45, 7) is 1.66. The van der Waals surface area contributed by atoms with Crippen LogP contribution in [0.3, 0.4) is 0 Å². The van der Waals surface area contributed by atoms with E-state index in [2.05, 4.69) is 0 Å². The molecule has 13 heavy (non-hydrogen) atoms. The minimum Gasteiger partial charge on any atom is -0.508 e. The van der Waals surface area contributed by atoms with Crippen LogP contribution in [0.1, 0.15) is 12.5 Å². The van der Waals surface area contributed by atoms with Gasteiger partial charge in [0.1, 0.15) is 15.5 Å². The van der Waals surface area contributed by atoms with Gasteiger partial charge in [0.2, 0.25) is 0 Å². The second kappa shape index (κ2) is 3.95. The predicted molar refractivity (Wildman–Crippen MR) is 56.8 cm³/mol. The van der Waals surface area contributed by atoms with E-state index < -0.39 is 9.71 Å². The number of hydrogen-bond donors (Lipinski definition) is 1. The van der Waals surface area contributed by atoms with E-state index in [9.17, 15) is 5.11 Å². The molecule has 0 spiro atoms. The number of rotatable bonds is 2. The molecule has 0 aromatic heterocycles. The zero-order chi connectivity index (χ0) is 10.1. The summed E-state index contributed by atoms with van der Waals surface area (Å²) in [5.74, 6) is 0.103. The van der Waals surface area contributed by atoms with Gasteiger partial charge in [-0.05, 0) is 13.0 Å². The number of alkyl halides is 3. The van der Waals surface area contributed by atoms with Gasteiger partial charge in [0.05, 0.1) is 0 Å². The summed E-state index contributed by atoms with van der Waals surface area (Å²) in [5, 5.41) is 9.49. The Morgan fingerprint density at radius 1 is 1.31 bits per heavy atom. The fraction of sp³-hybridized carbons (Fsp3) is 0.333. The quantitative estimate of drug-likeness (QED) is 0.781. The van der Waals surface area contributed by atoms with Crippen molar-refractivity contribution in [2.24, 2.45) is 0 Å². The van der Waals surface area contributed by atoms with Crippen molar-refractivity contribution in [3.8, 4) is 5.75 Å². The highest BCUT2D eigenvalue weighted by molar-refractivity contribution is 6.49. The minimum atomic E-state index is -0.964. The van der Waals surface area contributed by atoms with E-state index in [1.165, 1.54) is 0 Å². The zero-order valence-corrected chi connectivity index (χ0v) is 9.24. The largest absolute Gasteiger partial charge is 0.508 e. The van der Waals surface area contributed by atoms with Crippen LogP contribution in [0, 0.1) is 0 Å². The molecular weight excluding hydrogens is 230 g/mol. The monoisotopic (exact) mass is 238 g/mol. The first kappa shape index (κ1) is 11.0. The Hall–Kier alpha value is -0.110. The van der Waals surface area contributed by atoms with E-state index in [-0.39, 0.29) is 5.75 Å². The highest BCUT2D eigenvalue weighted by atomic mass is 35.5. The van der Waals surface area contributed by atoms with Crippen LogP contribution in [0.15, 0.2) is 24.3 Å². The fourth-order valence-electron chi connectivity index (χ4n) is 1.00. The lowest BCUT2D eigenvalue weighted by molar-refractivity contribution is 0.460. The summed E-state index contributed by atoms with van der Waals surface area (Å²) < 4.78 is 0. The second-order valence-electron chi connectivity index (χ2n) is 2.89. The zero-order valence-electron chi connectivity index (χ0n) is 6.97. The van der Waals surface area contributed by atoms with E-state index in [0.717, 1.165) is 0 Å². The van der Waals surface area contributed by atoms with Gasteiger partial charge in [-0.15, -0.1) is 34.8 Å². The van der Waals surface area contributed by atoms with Crippen molar-refractivity contribution < 1.29 is 5.11 Å². The van der Waals surface area contributed by atoms with Gasteiger partial charge in [-0.2, -0.15) is 0 Å². The lowest BCUT2D eigenvalue weighted by Gasteiger charge is -2.24. The van der Waals surface area contributed by atoms with Gasteiger partial charge in [0, 0.05) is 5.56 Å². The van der Waals surface area contributed by atoms with Crippen molar-refractivity contribution in [1.82, 2.24) is 0 Å². The number of phenolic OH excluding ortho intramolecular Hbond substituents is 1. The highest BCUT2D eigenvalue weighted by Gasteiger charge is 2.33. The summed E-state index contributed by atoms with van der Waals surface area (Å²) in [4.78, 5) is -1.74. The van der Waals surface area contributed by atoms with Crippen molar-refractivity contribution in [2.45, 2.75) is 16.6 Å². The smallest absolute Gasteiger partial charge is 0.130 e. The molecule has 72 valence electrons. The molecule has 1 unspecified atom stereocenters. The fourth-order valence-corrected chi connectivity index (χ4v) is 1.40. The minimum absolute atomic E-state index is 0.103. The summed E-state index contributed by atoms with van der Waals surface area (Å²) in [7, 11) is 0. The van der Waals surface area contributed by atoms with Gasteiger partial charge >= 0.3 is 0 Å². The van der Waals surface area contributed by atoms with Crippen molar-refractivity contribution in [2.75, 3.05) is 0 Å². The number of hydrogen-bond acceptors (Lipinski definition) is 1. The Labute approximate surface area is 92.2 Å². The molecule has 0 bridgehead atoms. The molecule has 0 aliphatic rings. The molecule has 0 saturated heterocycles. The average Bonchev–Trinajstić information content (AvgIpc) is 2.04. The Bertz CT molecular complexity index is 297. The lowest BCUT2D eigenvalue weighted by Crippen LogP contribution is -2.22. The Balaban J connectivity index is 3.14. The summed E-state index contributed by atoms with van der Waals surface area (Å²) in [6.07, 6.45) is 0. The second-order valence-corrected chi connectivity index (χ2v) is 4.77. The van der Waals surface area contributed by atoms with E-state index in [4.69, 9.17) is 34.8 Å². The van der Waals surface area contributed by atoms with Crippen LogP contribution in [-0.2, 0) is 4.87 Å². The predicted octanol–water partition coefficient (Wildman–Crippen LogP) is 3.65. The van der Waals surface area contributed by atoms with Crippen LogP contribution in [0.2, 0.25) is 0 Å². The van der Waals surface area contributed by atoms with Gasteiger partial charge in [-0.1, -0.05) is 18.2 Å². The molecule has 0 saturated carbocycles. The third-order valence-electron chi connectivity index (χ3n) is 1.84. The van der Waals surface area contributed by atoms with Crippen LogP contribution in [0.4, 0.5) is 0 Å². The average molecular weight is 240 g/mol. The van der Waals surface area contributed by atoms with Crippen LogP contribution in [0.25, 0.3) is 0 Å². The van der Waals surface area contributed by atoms with E-state index in [1.54, 1.807) is 31.2 Å². The number of aromatic hydroxyl groups is 1. The molecule has 1 nitrogen and oxygen atoms in total. The van der Waals surface area contributed by atoms with E-state index in [0.29, 0.717) is 5.56 Å². The van der Waals surface area contributed by atoms with Gasteiger partial charge in [0.15, 0.2) is 0 Å². The van der Waals surface area contributed by atoms with Gasteiger partial charge in [-0.3, -0.25) is 0 Å². The Kier molecular flexibility index (Phi) is 3.33. The van der Waals surface area contributed by atoms with Gasteiger partial charge in [0.25, 0.3) is 0 Å². The third kappa shape index (κ3) is 2.22. The van der Waals surface area contributed by atoms with Crippen molar-refractivity contribution in [1.29, 1.82) is 0 Å². The molecule has 1 aromatic rings. The van der Waals surface area contributed by atoms with Crippen molar-refractivity contribution in [3.63, 3.8) is 0 Å². The molecule has 0 aliphatic heterocycles. The molecule has 0 amide bonds. The summed E-state index contributed by atoms with van der Waals surface area (Å²) in [6, 6.07) is 6.72. The molecule has 0 aliphatic carbocycles.